The summed E-state index contributed by atoms with van der Waals surface area (Å²) in [6.07, 6.45) is 0.924. The van der Waals surface area contributed by atoms with Crippen LogP contribution in [0.2, 0.25) is 0 Å². The van der Waals surface area contributed by atoms with Crippen LogP contribution in [0.4, 0.5) is 0 Å². The number of hydrogen-bond donors (Lipinski definition) is 1. The van der Waals surface area contributed by atoms with Crippen LogP contribution in [-0.4, -0.2) is 93.7 Å². The summed E-state index contributed by atoms with van der Waals surface area (Å²) in [6, 6.07) is 0.0792. The van der Waals surface area contributed by atoms with Crippen molar-refractivity contribution in [1.82, 2.24) is 19.4 Å². The summed E-state index contributed by atoms with van der Waals surface area (Å²) in [5, 5.41) is 3.29. The third kappa shape index (κ3) is 4.39. The molecule has 0 aromatic heterocycles. The van der Waals surface area contributed by atoms with Gasteiger partial charge in [-0.3, -0.25) is 4.90 Å². The van der Waals surface area contributed by atoms with E-state index < -0.39 is 10.0 Å². The molecule has 2 heterocycles. The van der Waals surface area contributed by atoms with Crippen LogP contribution >= 0.6 is 0 Å². The molecule has 6 nitrogen and oxygen atoms in total. The first-order valence-electron chi connectivity index (χ1n) is 7.60. The van der Waals surface area contributed by atoms with E-state index in [-0.39, 0.29) is 11.8 Å². The highest BCUT2D eigenvalue weighted by Crippen LogP contribution is 2.14. The Labute approximate surface area is 123 Å². The Hall–Kier alpha value is -0.210. The second-order valence-corrected chi connectivity index (χ2v) is 8.02. The van der Waals surface area contributed by atoms with Gasteiger partial charge in [-0.2, -0.15) is 4.31 Å². The summed E-state index contributed by atoms with van der Waals surface area (Å²) in [4.78, 5) is 4.46. The molecular formula is C13H28N4O2S. The largest absolute Gasteiger partial charge is 0.314 e. The summed E-state index contributed by atoms with van der Waals surface area (Å²) < 4.78 is 26.8. The average Bonchev–Trinajstić information content (AvgIpc) is 2.59. The van der Waals surface area contributed by atoms with Crippen LogP contribution in [0.15, 0.2) is 0 Å². The van der Waals surface area contributed by atoms with Crippen molar-refractivity contribution in [2.75, 3.05) is 65.2 Å². The van der Waals surface area contributed by atoms with Crippen molar-refractivity contribution in [2.24, 2.45) is 0 Å². The van der Waals surface area contributed by atoms with Crippen LogP contribution in [0.5, 0.6) is 0 Å². The van der Waals surface area contributed by atoms with Gasteiger partial charge in [0.2, 0.25) is 10.0 Å². The van der Waals surface area contributed by atoms with Gasteiger partial charge in [-0.05, 0) is 26.9 Å². The van der Waals surface area contributed by atoms with E-state index in [1.807, 2.05) is 6.92 Å². The molecule has 7 heteroatoms. The first-order chi connectivity index (χ1) is 9.49. The molecule has 1 unspecified atom stereocenters. The fourth-order valence-electron chi connectivity index (χ4n) is 3.06. The monoisotopic (exact) mass is 304 g/mol. The van der Waals surface area contributed by atoms with Crippen molar-refractivity contribution in [3.63, 3.8) is 0 Å². The van der Waals surface area contributed by atoms with Gasteiger partial charge in [-0.25, -0.2) is 8.42 Å². The molecular weight excluding hydrogens is 276 g/mol. The molecule has 0 aromatic rings. The lowest BCUT2D eigenvalue weighted by atomic mass is 10.3. The minimum Gasteiger partial charge on any atom is -0.314 e. The van der Waals surface area contributed by atoms with Crippen molar-refractivity contribution < 1.29 is 8.42 Å². The molecule has 2 fully saturated rings. The Bertz CT molecular complexity index is 395. The Morgan fingerprint density at radius 2 is 1.85 bits per heavy atom. The van der Waals surface area contributed by atoms with Gasteiger partial charge in [0.25, 0.3) is 0 Å². The molecule has 2 saturated heterocycles. The minimum atomic E-state index is -3.13. The molecule has 0 spiro atoms. The molecule has 0 bridgehead atoms. The van der Waals surface area contributed by atoms with Gasteiger partial charge in [0, 0.05) is 51.9 Å². The fourth-order valence-corrected chi connectivity index (χ4v) is 4.81. The number of piperazine rings is 1. The lowest BCUT2D eigenvalue weighted by Crippen LogP contribution is -2.48. The molecule has 2 rings (SSSR count). The fraction of sp³-hybridized carbons (Fsp3) is 1.00. The lowest BCUT2D eigenvalue weighted by molar-refractivity contribution is 0.250. The maximum atomic E-state index is 12.6. The van der Waals surface area contributed by atoms with E-state index in [0.717, 1.165) is 45.7 Å². The zero-order chi connectivity index (χ0) is 14.6. The summed E-state index contributed by atoms with van der Waals surface area (Å²) in [6.45, 7) is 8.97. The van der Waals surface area contributed by atoms with E-state index in [1.54, 1.807) is 4.31 Å². The van der Waals surface area contributed by atoms with Crippen molar-refractivity contribution >= 4 is 10.0 Å². The lowest BCUT2D eigenvalue weighted by Gasteiger charge is -2.30. The van der Waals surface area contributed by atoms with Crippen molar-refractivity contribution in [3.05, 3.63) is 0 Å². The van der Waals surface area contributed by atoms with Gasteiger partial charge in [-0.1, -0.05) is 0 Å². The standard InChI is InChI=1S/C13H28N4O2S/c1-13-12-15(2)6-3-7-17(13)20(18,19)11-10-16-8-4-14-5-9-16/h13-14H,3-12H2,1-2H3. The molecule has 0 radical (unpaired) electrons. The summed E-state index contributed by atoms with van der Waals surface area (Å²) in [7, 11) is -1.07. The van der Waals surface area contributed by atoms with Crippen LogP contribution < -0.4 is 5.32 Å². The number of likely N-dealkylation sites (N-methyl/N-ethyl adjacent to an activating group) is 1. The van der Waals surface area contributed by atoms with Crippen LogP contribution in [0.3, 0.4) is 0 Å². The predicted octanol–water partition coefficient (Wildman–Crippen LogP) is -0.753. The topological polar surface area (TPSA) is 55.9 Å². The highest BCUT2D eigenvalue weighted by molar-refractivity contribution is 7.89. The van der Waals surface area contributed by atoms with Crippen LogP contribution in [0.1, 0.15) is 13.3 Å². The van der Waals surface area contributed by atoms with Crippen molar-refractivity contribution in [3.8, 4) is 0 Å². The van der Waals surface area contributed by atoms with Crippen LogP contribution in [-0.2, 0) is 10.0 Å². The van der Waals surface area contributed by atoms with E-state index in [4.69, 9.17) is 0 Å². The smallest absolute Gasteiger partial charge is 0.215 e. The Kier molecular flexibility index (Phi) is 5.80. The van der Waals surface area contributed by atoms with Gasteiger partial charge in [-0.15, -0.1) is 0 Å². The second kappa shape index (κ2) is 7.17. The zero-order valence-electron chi connectivity index (χ0n) is 12.7. The van der Waals surface area contributed by atoms with E-state index in [9.17, 15) is 8.42 Å². The van der Waals surface area contributed by atoms with Crippen molar-refractivity contribution in [1.29, 1.82) is 0 Å². The maximum absolute atomic E-state index is 12.6. The van der Waals surface area contributed by atoms with Gasteiger partial charge in [0.15, 0.2) is 0 Å². The highest BCUT2D eigenvalue weighted by Gasteiger charge is 2.30. The maximum Gasteiger partial charge on any atom is 0.215 e. The molecule has 1 atom stereocenters. The van der Waals surface area contributed by atoms with E-state index >= 15 is 0 Å². The number of nitrogens with zero attached hydrogens (tertiary/aromatic N) is 3. The van der Waals surface area contributed by atoms with Crippen molar-refractivity contribution in [2.45, 2.75) is 19.4 Å². The summed E-state index contributed by atoms with van der Waals surface area (Å²) in [5.41, 5.74) is 0. The second-order valence-electron chi connectivity index (χ2n) is 5.98. The highest BCUT2D eigenvalue weighted by atomic mass is 32.2. The SMILES string of the molecule is CC1CN(C)CCCN1S(=O)(=O)CCN1CCNCC1. The normalized spacial score (nSPS) is 28.4. The summed E-state index contributed by atoms with van der Waals surface area (Å²) in [5.74, 6) is 0.251. The van der Waals surface area contributed by atoms with Crippen LogP contribution in [0, 0.1) is 0 Å². The average molecular weight is 304 g/mol. The third-order valence-corrected chi connectivity index (χ3v) is 6.17. The Morgan fingerprint density at radius 3 is 2.55 bits per heavy atom. The molecule has 2 aliphatic rings. The number of hydrogen-bond acceptors (Lipinski definition) is 5. The van der Waals surface area contributed by atoms with E-state index in [1.165, 1.54) is 0 Å². The molecule has 0 aliphatic carbocycles. The predicted molar refractivity (Wildman–Crippen MR) is 81.4 cm³/mol. The van der Waals surface area contributed by atoms with Gasteiger partial charge >= 0.3 is 0 Å². The van der Waals surface area contributed by atoms with E-state index in [0.29, 0.717) is 13.1 Å². The third-order valence-electron chi connectivity index (χ3n) is 4.22. The molecule has 118 valence electrons. The summed E-state index contributed by atoms with van der Waals surface area (Å²) >= 11 is 0. The minimum absolute atomic E-state index is 0.0792. The van der Waals surface area contributed by atoms with Gasteiger partial charge < -0.3 is 10.2 Å². The van der Waals surface area contributed by atoms with Crippen LogP contribution in [0.25, 0.3) is 0 Å². The molecule has 0 amide bonds. The molecule has 2 aliphatic heterocycles. The van der Waals surface area contributed by atoms with Gasteiger partial charge in [0.1, 0.15) is 0 Å². The number of sulfonamides is 1. The Balaban J connectivity index is 1.90. The quantitative estimate of drug-likeness (QED) is 0.740. The van der Waals surface area contributed by atoms with Gasteiger partial charge in [0.05, 0.1) is 5.75 Å². The molecule has 20 heavy (non-hydrogen) atoms. The molecule has 0 saturated carbocycles. The molecule has 0 aromatic carbocycles. The molecule has 1 N–H and O–H groups in total. The Morgan fingerprint density at radius 1 is 1.15 bits per heavy atom. The first-order valence-corrected chi connectivity index (χ1v) is 9.21. The zero-order valence-corrected chi connectivity index (χ0v) is 13.5. The number of rotatable bonds is 4. The van der Waals surface area contributed by atoms with E-state index in [2.05, 4.69) is 22.2 Å². The first kappa shape index (κ1) is 16.2. The number of nitrogens with one attached hydrogen (secondary N) is 1.